The average Bonchev–Trinajstić information content (AvgIpc) is 3.51. The number of nitrogens with zero attached hydrogens (tertiary/aromatic N) is 1. The molecular weight excluding hydrogens is 467 g/mol. The third kappa shape index (κ3) is 4.32. The second kappa shape index (κ2) is 8.38. The second-order valence-electron chi connectivity index (χ2n) is 7.55. The SMILES string of the molecule is O=C(O)C(F)(F)F.O=S1(=O)c2ccc(-c3cccs3)cc2C2CN(Cc3ccoc3)CC21. The summed E-state index contributed by atoms with van der Waals surface area (Å²) in [6, 6.07) is 11.9. The molecule has 1 aromatic carbocycles. The van der Waals surface area contributed by atoms with Crippen LogP contribution in [0.1, 0.15) is 17.0 Å². The predicted molar refractivity (Wildman–Crippen MR) is 111 cm³/mol. The fraction of sp³-hybridized carbons (Fsp3) is 0.286. The molecule has 1 saturated heterocycles. The number of benzene rings is 1. The van der Waals surface area contributed by atoms with E-state index in [1.165, 1.54) is 4.88 Å². The van der Waals surface area contributed by atoms with Crippen molar-refractivity contribution < 1.29 is 35.9 Å². The molecule has 2 aromatic heterocycles. The fourth-order valence-electron chi connectivity index (χ4n) is 4.09. The number of aliphatic carboxylic acids is 1. The summed E-state index contributed by atoms with van der Waals surface area (Å²) < 4.78 is 62.8. The molecule has 32 heavy (non-hydrogen) atoms. The van der Waals surface area contributed by atoms with E-state index in [1.54, 1.807) is 29.9 Å². The van der Waals surface area contributed by atoms with Gasteiger partial charge in [0.05, 0.1) is 22.7 Å². The summed E-state index contributed by atoms with van der Waals surface area (Å²) in [5, 5.41) is 8.85. The van der Waals surface area contributed by atoms with Crippen molar-refractivity contribution in [3.63, 3.8) is 0 Å². The number of carbonyl (C=O) groups is 1. The van der Waals surface area contributed by atoms with Gasteiger partial charge in [-0.15, -0.1) is 11.3 Å². The van der Waals surface area contributed by atoms with Crippen molar-refractivity contribution in [3.05, 3.63) is 65.4 Å². The number of furan rings is 1. The van der Waals surface area contributed by atoms with Crippen LogP contribution >= 0.6 is 11.3 Å². The van der Waals surface area contributed by atoms with Crippen LogP contribution in [0.3, 0.4) is 0 Å². The molecule has 6 nitrogen and oxygen atoms in total. The number of carboxylic acid groups (broad SMARTS) is 1. The summed E-state index contributed by atoms with van der Waals surface area (Å²) in [7, 11) is -3.24. The Morgan fingerprint density at radius 1 is 1.22 bits per heavy atom. The molecule has 170 valence electrons. The maximum atomic E-state index is 13.0. The largest absolute Gasteiger partial charge is 0.490 e. The molecule has 2 aliphatic rings. The number of carboxylic acids is 1. The summed E-state index contributed by atoms with van der Waals surface area (Å²) in [4.78, 5) is 12.8. The Bertz CT molecular complexity index is 1200. The zero-order valence-electron chi connectivity index (χ0n) is 16.4. The van der Waals surface area contributed by atoms with Crippen molar-refractivity contribution in [2.45, 2.75) is 28.8 Å². The quantitative estimate of drug-likeness (QED) is 0.592. The molecule has 0 saturated carbocycles. The third-order valence-corrected chi connectivity index (χ3v) is 8.67. The molecule has 2 unspecified atom stereocenters. The van der Waals surface area contributed by atoms with E-state index in [2.05, 4.69) is 17.0 Å². The number of halogens is 3. The Kier molecular flexibility index (Phi) is 5.91. The van der Waals surface area contributed by atoms with Crippen LogP contribution in [0.15, 0.2) is 63.6 Å². The van der Waals surface area contributed by atoms with Crippen molar-refractivity contribution in [1.29, 1.82) is 0 Å². The van der Waals surface area contributed by atoms with E-state index in [-0.39, 0.29) is 11.2 Å². The fourth-order valence-corrected chi connectivity index (χ4v) is 7.01. The van der Waals surface area contributed by atoms with E-state index < -0.39 is 22.0 Å². The summed E-state index contributed by atoms with van der Waals surface area (Å²) in [6.45, 7) is 2.09. The highest BCUT2D eigenvalue weighted by Crippen LogP contribution is 2.46. The number of hydrogen-bond acceptors (Lipinski definition) is 6. The first-order chi connectivity index (χ1) is 15.1. The van der Waals surface area contributed by atoms with E-state index in [1.807, 2.05) is 23.6 Å². The van der Waals surface area contributed by atoms with Crippen molar-refractivity contribution in [2.24, 2.45) is 0 Å². The third-order valence-electron chi connectivity index (χ3n) is 5.49. The lowest BCUT2D eigenvalue weighted by molar-refractivity contribution is -0.192. The molecule has 1 N–H and O–H groups in total. The van der Waals surface area contributed by atoms with Crippen LogP contribution in [-0.2, 0) is 21.2 Å². The summed E-state index contributed by atoms with van der Waals surface area (Å²) in [5.74, 6) is -2.70. The molecule has 4 heterocycles. The molecule has 1 fully saturated rings. The van der Waals surface area contributed by atoms with Gasteiger partial charge in [-0.2, -0.15) is 13.2 Å². The smallest absolute Gasteiger partial charge is 0.475 e. The van der Waals surface area contributed by atoms with E-state index in [0.717, 1.165) is 29.8 Å². The molecule has 11 heteroatoms. The molecule has 0 aliphatic carbocycles. The zero-order chi connectivity index (χ0) is 23.1. The Balaban J connectivity index is 0.000000307. The van der Waals surface area contributed by atoms with Crippen LogP contribution in [-0.4, -0.2) is 48.9 Å². The van der Waals surface area contributed by atoms with Crippen LogP contribution in [0.4, 0.5) is 13.2 Å². The Morgan fingerprint density at radius 3 is 2.56 bits per heavy atom. The molecule has 0 bridgehead atoms. The predicted octanol–water partition coefficient (Wildman–Crippen LogP) is 4.40. The van der Waals surface area contributed by atoms with Crippen LogP contribution in [0.5, 0.6) is 0 Å². The molecule has 2 atom stereocenters. The van der Waals surface area contributed by atoms with Gasteiger partial charge >= 0.3 is 12.1 Å². The summed E-state index contributed by atoms with van der Waals surface area (Å²) >= 11 is 1.68. The molecule has 5 rings (SSSR count). The van der Waals surface area contributed by atoms with Gasteiger partial charge in [0, 0.05) is 36.0 Å². The van der Waals surface area contributed by atoms with E-state index >= 15 is 0 Å². The number of thiophene rings is 1. The van der Waals surface area contributed by atoms with Gasteiger partial charge in [-0.25, -0.2) is 13.2 Å². The molecule has 2 aliphatic heterocycles. The highest BCUT2D eigenvalue weighted by atomic mass is 32.2. The monoisotopic (exact) mass is 485 g/mol. The number of fused-ring (bicyclic) bond motifs is 3. The lowest BCUT2D eigenvalue weighted by Crippen LogP contribution is -2.25. The molecule has 0 amide bonds. The minimum absolute atomic E-state index is 0.0619. The number of hydrogen-bond donors (Lipinski definition) is 1. The van der Waals surface area contributed by atoms with Crippen LogP contribution in [0.25, 0.3) is 10.4 Å². The van der Waals surface area contributed by atoms with Crippen LogP contribution < -0.4 is 0 Å². The number of sulfone groups is 1. The topological polar surface area (TPSA) is 87.8 Å². The van der Waals surface area contributed by atoms with Crippen LogP contribution in [0.2, 0.25) is 0 Å². The minimum atomic E-state index is -5.08. The van der Waals surface area contributed by atoms with Crippen molar-refractivity contribution in [3.8, 4) is 10.4 Å². The first kappa shape index (κ1) is 22.6. The number of likely N-dealkylation sites (tertiary alicyclic amines) is 1. The van der Waals surface area contributed by atoms with Gasteiger partial charge in [0.15, 0.2) is 9.84 Å². The van der Waals surface area contributed by atoms with Gasteiger partial charge in [-0.3, -0.25) is 4.90 Å². The van der Waals surface area contributed by atoms with E-state index in [0.29, 0.717) is 11.4 Å². The molecular formula is C21H18F3NO5S2. The summed E-state index contributed by atoms with van der Waals surface area (Å²) in [5.41, 5.74) is 3.19. The Hall–Kier alpha value is -2.63. The molecule has 0 spiro atoms. The Labute approximate surface area is 185 Å². The molecule has 3 aromatic rings. The zero-order valence-corrected chi connectivity index (χ0v) is 18.1. The maximum Gasteiger partial charge on any atom is 0.490 e. The van der Waals surface area contributed by atoms with Gasteiger partial charge in [0.1, 0.15) is 0 Å². The first-order valence-corrected chi connectivity index (χ1v) is 11.9. The highest BCUT2D eigenvalue weighted by molar-refractivity contribution is 7.92. The second-order valence-corrected chi connectivity index (χ2v) is 10.6. The van der Waals surface area contributed by atoms with Gasteiger partial charge < -0.3 is 9.52 Å². The lowest BCUT2D eigenvalue weighted by atomic mass is 9.96. The Morgan fingerprint density at radius 2 is 1.97 bits per heavy atom. The van der Waals surface area contributed by atoms with Crippen molar-refractivity contribution in [2.75, 3.05) is 13.1 Å². The van der Waals surface area contributed by atoms with Crippen LogP contribution in [0, 0.1) is 0 Å². The first-order valence-electron chi connectivity index (χ1n) is 9.52. The van der Waals surface area contributed by atoms with Gasteiger partial charge in [0.25, 0.3) is 0 Å². The van der Waals surface area contributed by atoms with Crippen molar-refractivity contribution in [1.82, 2.24) is 4.90 Å². The molecule has 0 radical (unpaired) electrons. The summed E-state index contributed by atoms with van der Waals surface area (Å²) in [6.07, 6.45) is -1.70. The lowest BCUT2D eigenvalue weighted by Gasteiger charge is -2.16. The van der Waals surface area contributed by atoms with E-state index in [4.69, 9.17) is 14.3 Å². The number of rotatable bonds is 3. The van der Waals surface area contributed by atoms with Gasteiger partial charge in [0.2, 0.25) is 0 Å². The van der Waals surface area contributed by atoms with Crippen molar-refractivity contribution >= 4 is 27.1 Å². The van der Waals surface area contributed by atoms with Gasteiger partial charge in [-0.05, 0) is 40.8 Å². The average molecular weight is 486 g/mol. The minimum Gasteiger partial charge on any atom is -0.475 e. The maximum absolute atomic E-state index is 13.0. The number of alkyl halides is 3. The standard InChI is InChI=1S/C19H17NO3S2.C2HF3O2/c21-25(22)18-4-3-14(17-2-1-7-24-17)8-15(18)16-10-20(11-19(16)25)9-13-5-6-23-12-13;3-2(4,5)1(6)7/h1-8,12,16,19H,9-11H2;(H,6,7). The normalized spacial score (nSPS) is 21.5. The van der Waals surface area contributed by atoms with Gasteiger partial charge in [-0.1, -0.05) is 12.1 Å². The highest BCUT2D eigenvalue weighted by Gasteiger charge is 2.50. The van der Waals surface area contributed by atoms with E-state index in [9.17, 15) is 21.6 Å².